The van der Waals surface area contributed by atoms with Gasteiger partial charge in [-0.1, -0.05) is 103 Å². The highest BCUT2D eigenvalue weighted by atomic mass is 16.5. The van der Waals surface area contributed by atoms with Gasteiger partial charge in [-0.15, -0.1) is 0 Å². The van der Waals surface area contributed by atoms with E-state index in [0.29, 0.717) is 13.0 Å². The van der Waals surface area contributed by atoms with E-state index in [1.54, 1.807) is 0 Å². The number of piperidine rings is 1. The van der Waals surface area contributed by atoms with Crippen molar-refractivity contribution in [1.82, 2.24) is 4.90 Å². The van der Waals surface area contributed by atoms with Crippen molar-refractivity contribution in [1.29, 1.82) is 0 Å². The number of likely N-dealkylation sites (tertiary alicyclic amines) is 1. The number of esters is 1. The molecule has 0 spiro atoms. The van der Waals surface area contributed by atoms with Crippen LogP contribution >= 0.6 is 0 Å². The number of carbonyl (C=O) groups is 1. The molecule has 0 radical (unpaired) electrons. The number of unbranched alkanes of at least 4 members (excludes halogenated alkanes) is 14. The zero-order valence-electron chi connectivity index (χ0n) is 19.0. The van der Waals surface area contributed by atoms with E-state index < -0.39 is 0 Å². The SMILES string of the molecule is CCCCCCCCCCCCCCCCCC(=O)OCCN1CCCCC1. The minimum Gasteiger partial charge on any atom is -0.464 e. The number of nitrogens with zero attached hydrogens (tertiary/aromatic N) is 1. The Balaban J connectivity index is 1.72. The van der Waals surface area contributed by atoms with Crippen molar-refractivity contribution in [3.05, 3.63) is 0 Å². The second-order valence-electron chi connectivity index (χ2n) is 8.82. The lowest BCUT2D eigenvalue weighted by atomic mass is 10.0. The van der Waals surface area contributed by atoms with E-state index in [9.17, 15) is 4.79 Å². The molecular weight excluding hydrogens is 346 g/mol. The van der Waals surface area contributed by atoms with Crippen molar-refractivity contribution in [3.8, 4) is 0 Å². The number of hydrogen-bond acceptors (Lipinski definition) is 3. The van der Waals surface area contributed by atoms with Gasteiger partial charge in [0.25, 0.3) is 0 Å². The minimum atomic E-state index is 0.00621. The first kappa shape index (κ1) is 25.5. The van der Waals surface area contributed by atoms with E-state index in [1.807, 2.05) is 0 Å². The fourth-order valence-corrected chi connectivity index (χ4v) is 4.18. The van der Waals surface area contributed by atoms with Gasteiger partial charge in [0.05, 0.1) is 0 Å². The van der Waals surface area contributed by atoms with Gasteiger partial charge in [-0.25, -0.2) is 0 Å². The zero-order valence-corrected chi connectivity index (χ0v) is 19.0. The van der Waals surface area contributed by atoms with Crippen LogP contribution in [0.15, 0.2) is 0 Å². The van der Waals surface area contributed by atoms with Crippen LogP contribution in [0.3, 0.4) is 0 Å². The average molecular weight is 396 g/mol. The van der Waals surface area contributed by atoms with Gasteiger partial charge in [-0.3, -0.25) is 9.69 Å². The van der Waals surface area contributed by atoms with Crippen molar-refractivity contribution in [2.45, 2.75) is 129 Å². The molecule has 1 aliphatic rings. The largest absolute Gasteiger partial charge is 0.464 e. The zero-order chi connectivity index (χ0) is 20.1. The first-order valence-corrected chi connectivity index (χ1v) is 12.7. The first-order valence-electron chi connectivity index (χ1n) is 12.7. The summed E-state index contributed by atoms with van der Waals surface area (Å²) < 4.78 is 5.38. The molecule has 1 rings (SSSR count). The number of ether oxygens (including phenoxy) is 1. The van der Waals surface area contributed by atoms with Gasteiger partial charge in [0.1, 0.15) is 6.61 Å². The molecule has 166 valence electrons. The normalized spacial score (nSPS) is 15.0. The standard InChI is InChI=1S/C25H49NO2/c1-2-3-4-5-6-7-8-9-10-11-12-13-14-15-17-20-25(27)28-24-23-26-21-18-16-19-22-26/h2-24H2,1H3. The summed E-state index contributed by atoms with van der Waals surface area (Å²) in [5.74, 6) is 0.00621. The molecule has 0 atom stereocenters. The molecule has 0 aromatic heterocycles. The van der Waals surface area contributed by atoms with E-state index >= 15 is 0 Å². The van der Waals surface area contributed by atoms with Crippen molar-refractivity contribution in [3.63, 3.8) is 0 Å². The van der Waals surface area contributed by atoms with Crippen molar-refractivity contribution in [2.75, 3.05) is 26.2 Å². The minimum absolute atomic E-state index is 0.00621. The molecular formula is C25H49NO2. The maximum atomic E-state index is 11.8. The van der Waals surface area contributed by atoms with Crippen molar-refractivity contribution >= 4 is 5.97 Å². The highest BCUT2D eigenvalue weighted by Gasteiger charge is 2.10. The fourth-order valence-electron chi connectivity index (χ4n) is 4.18. The molecule has 1 aliphatic heterocycles. The molecule has 0 bridgehead atoms. The third-order valence-electron chi connectivity index (χ3n) is 6.10. The molecule has 0 unspecified atom stereocenters. The average Bonchev–Trinajstić information content (AvgIpc) is 2.71. The lowest BCUT2D eigenvalue weighted by molar-refractivity contribution is -0.144. The Morgan fingerprint density at radius 2 is 1.14 bits per heavy atom. The highest BCUT2D eigenvalue weighted by Crippen LogP contribution is 2.14. The van der Waals surface area contributed by atoms with E-state index in [2.05, 4.69) is 11.8 Å². The predicted octanol–water partition coefficient (Wildman–Crippen LogP) is 7.28. The van der Waals surface area contributed by atoms with Crippen LogP contribution in [0.4, 0.5) is 0 Å². The third kappa shape index (κ3) is 16.4. The number of carbonyl (C=O) groups excluding carboxylic acids is 1. The van der Waals surface area contributed by atoms with Gasteiger partial charge in [-0.05, 0) is 32.4 Å². The second-order valence-corrected chi connectivity index (χ2v) is 8.82. The molecule has 0 aromatic rings. The summed E-state index contributed by atoms with van der Waals surface area (Å²) in [7, 11) is 0. The van der Waals surface area contributed by atoms with Crippen LogP contribution in [0, 0.1) is 0 Å². The monoisotopic (exact) mass is 395 g/mol. The van der Waals surface area contributed by atoms with Crippen LogP contribution in [-0.4, -0.2) is 37.1 Å². The quantitative estimate of drug-likeness (QED) is 0.170. The maximum Gasteiger partial charge on any atom is 0.305 e. The fraction of sp³-hybridized carbons (Fsp3) is 0.960. The van der Waals surface area contributed by atoms with Gasteiger partial charge < -0.3 is 4.74 Å². The number of hydrogen-bond donors (Lipinski definition) is 0. The van der Waals surface area contributed by atoms with Crippen molar-refractivity contribution in [2.24, 2.45) is 0 Å². The molecule has 0 saturated carbocycles. The molecule has 1 heterocycles. The van der Waals surface area contributed by atoms with E-state index in [0.717, 1.165) is 13.0 Å². The van der Waals surface area contributed by atoms with E-state index in [1.165, 1.54) is 122 Å². The maximum absolute atomic E-state index is 11.8. The summed E-state index contributed by atoms with van der Waals surface area (Å²) in [4.78, 5) is 14.2. The molecule has 0 amide bonds. The molecule has 0 N–H and O–H groups in total. The highest BCUT2D eigenvalue weighted by molar-refractivity contribution is 5.69. The number of rotatable bonds is 19. The Morgan fingerprint density at radius 3 is 1.64 bits per heavy atom. The summed E-state index contributed by atoms with van der Waals surface area (Å²) in [6.07, 6.45) is 24.9. The summed E-state index contributed by atoms with van der Waals surface area (Å²) in [5.41, 5.74) is 0. The Labute approximate surface area is 176 Å². The van der Waals surface area contributed by atoms with Gasteiger partial charge >= 0.3 is 5.97 Å². The summed E-state index contributed by atoms with van der Waals surface area (Å²) in [5, 5.41) is 0. The van der Waals surface area contributed by atoms with Crippen LogP contribution in [0.25, 0.3) is 0 Å². The van der Waals surface area contributed by atoms with Crippen LogP contribution < -0.4 is 0 Å². The van der Waals surface area contributed by atoms with Crippen LogP contribution in [0.1, 0.15) is 129 Å². The molecule has 0 aromatic carbocycles. The Morgan fingerprint density at radius 1 is 0.679 bits per heavy atom. The molecule has 1 fully saturated rings. The summed E-state index contributed by atoms with van der Waals surface area (Å²) in [6, 6.07) is 0. The summed E-state index contributed by atoms with van der Waals surface area (Å²) >= 11 is 0. The van der Waals surface area contributed by atoms with Crippen LogP contribution in [-0.2, 0) is 9.53 Å². The molecule has 28 heavy (non-hydrogen) atoms. The van der Waals surface area contributed by atoms with Crippen LogP contribution in [0.5, 0.6) is 0 Å². The molecule has 0 aliphatic carbocycles. The molecule has 3 heteroatoms. The topological polar surface area (TPSA) is 29.5 Å². The van der Waals surface area contributed by atoms with Gasteiger partial charge in [-0.2, -0.15) is 0 Å². The van der Waals surface area contributed by atoms with E-state index in [-0.39, 0.29) is 5.97 Å². The van der Waals surface area contributed by atoms with Crippen LogP contribution in [0.2, 0.25) is 0 Å². The Hall–Kier alpha value is -0.570. The second kappa shape index (κ2) is 19.7. The molecule has 3 nitrogen and oxygen atoms in total. The third-order valence-corrected chi connectivity index (χ3v) is 6.10. The Bertz CT molecular complexity index is 339. The lowest BCUT2D eigenvalue weighted by Gasteiger charge is -2.25. The van der Waals surface area contributed by atoms with Gasteiger partial charge in [0.15, 0.2) is 0 Å². The summed E-state index contributed by atoms with van der Waals surface area (Å²) in [6.45, 7) is 6.14. The Kier molecular flexibility index (Phi) is 17.9. The van der Waals surface area contributed by atoms with E-state index in [4.69, 9.17) is 4.74 Å². The molecule has 1 saturated heterocycles. The first-order chi connectivity index (χ1) is 13.8. The predicted molar refractivity (Wildman–Crippen MR) is 121 cm³/mol. The lowest BCUT2D eigenvalue weighted by Crippen LogP contribution is -2.33. The smallest absolute Gasteiger partial charge is 0.305 e. The van der Waals surface area contributed by atoms with Gasteiger partial charge in [0.2, 0.25) is 0 Å². The van der Waals surface area contributed by atoms with Crippen molar-refractivity contribution < 1.29 is 9.53 Å². The van der Waals surface area contributed by atoms with Gasteiger partial charge in [0, 0.05) is 13.0 Å².